The summed E-state index contributed by atoms with van der Waals surface area (Å²) >= 11 is 0. The zero-order valence-electron chi connectivity index (χ0n) is 17.1. The van der Waals surface area contributed by atoms with Crippen LogP contribution >= 0.6 is 0 Å². The highest BCUT2D eigenvalue weighted by molar-refractivity contribution is 5.81. The lowest BCUT2D eigenvalue weighted by Crippen LogP contribution is -3.11. The Morgan fingerprint density at radius 3 is 2.67 bits per heavy atom. The minimum absolute atomic E-state index is 0.0849. The number of likely N-dealkylation sites (tertiary alicyclic amines) is 1. The fourth-order valence-electron chi connectivity index (χ4n) is 4.17. The van der Waals surface area contributed by atoms with Gasteiger partial charge >= 0.3 is 5.63 Å². The largest absolute Gasteiger partial charge is 0.484 e. The van der Waals surface area contributed by atoms with E-state index in [0.29, 0.717) is 17.9 Å². The van der Waals surface area contributed by atoms with Crippen LogP contribution in [-0.4, -0.2) is 32.1 Å². The summed E-state index contributed by atoms with van der Waals surface area (Å²) < 4.78 is 10.9. The van der Waals surface area contributed by atoms with E-state index >= 15 is 0 Å². The van der Waals surface area contributed by atoms with Crippen LogP contribution < -0.4 is 20.6 Å². The number of rotatable bonds is 7. The average Bonchev–Trinajstić information content (AvgIpc) is 3.27. The van der Waals surface area contributed by atoms with Gasteiger partial charge in [0.25, 0.3) is 5.91 Å². The number of hydrogen-bond acceptors (Lipinski definition) is 4. The lowest BCUT2D eigenvalue weighted by atomic mass is 10.1. The van der Waals surface area contributed by atoms with E-state index < -0.39 is 5.63 Å². The van der Waals surface area contributed by atoms with E-state index in [1.54, 1.807) is 12.1 Å². The molecule has 6 nitrogen and oxygen atoms in total. The highest BCUT2D eigenvalue weighted by atomic mass is 16.5. The third-order valence-corrected chi connectivity index (χ3v) is 5.74. The Hall–Kier alpha value is -3.12. The molecule has 1 atom stereocenters. The van der Waals surface area contributed by atoms with Crippen molar-refractivity contribution in [3.05, 3.63) is 76.1 Å². The fourth-order valence-corrected chi connectivity index (χ4v) is 4.17. The summed E-state index contributed by atoms with van der Waals surface area (Å²) in [5.74, 6) is 0.330. The van der Waals surface area contributed by atoms with Crippen LogP contribution in [-0.2, 0) is 4.79 Å². The van der Waals surface area contributed by atoms with Crippen LogP contribution in [0.15, 0.2) is 63.8 Å². The molecule has 2 heterocycles. The molecule has 0 saturated carbocycles. The molecule has 1 aliphatic rings. The van der Waals surface area contributed by atoms with Gasteiger partial charge in [-0.1, -0.05) is 30.3 Å². The second-order valence-electron chi connectivity index (χ2n) is 7.83. The van der Waals surface area contributed by atoms with Gasteiger partial charge in [-0.3, -0.25) is 4.79 Å². The van der Waals surface area contributed by atoms with E-state index in [-0.39, 0.29) is 18.6 Å². The number of amides is 1. The van der Waals surface area contributed by atoms with Crippen molar-refractivity contribution >= 4 is 16.9 Å². The van der Waals surface area contributed by atoms with Gasteiger partial charge in [-0.15, -0.1) is 0 Å². The summed E-state index contributed by atoms with van der Waals surface area (Å²) in [7, 11) is 0. The van der Waals surface area contributed by atoms with E-state index in [2.05, 4.69) is 17.4 Å². The van der Waals surface area contributed by atoms with Gasteiger partial charge in [0.2, 0.25) is 0 Å². The number of carbonyl (C=O) groups excluding carboxylic acids is 1. The van der Waals surface area contributed by atoms with Gasteiger partial charge in [-0.05, 0) is 24.6 Å². The van der Waals surface area contributed by atoms with Crippen molar-refractivity contribution in [3.8, 4) is 5.75 Å². The Bertz CT molecular complexity index is 1070. The summed E-state index contributed by atoms with van der Waals surface area (Å²) in [6, 6.07) is 17.3. The molecule has 1 fully saturated rings. The van der Waals surface area contributed by atoms with E-state index in [0.717, 1.165) is 24.0 Å². The predicted octanol–water partition coefficient (Wildman–Crippen LogP) is 2.02. The van der Waals surface area contributed by atoms with Crippen molar-refractivity contribution in [1.82, 2.24) is 5.32 Å². The van der Waals surface area contributed by atoms with Gasteiger partial charge in [-0.25, -0.2) is 4.79 Å². The first-order chi connectivity index (χ1) is 14.6. The first-order valence-electron chi connectivity index (χ1n) is 10.4. The van der Waals surface area contributed by atoms with Crippen molar-refractivity contribution in [2.75, 3.05) is 26.2 Å². The van der Waals surface area contributed by atoms with Gasteiger partial charge in [0.1, 0.15) is 17.4 Å². The second-order valence-corrected chi connectivity index (χ2v) is 7.83. The van der Waals surface area contributed by atoms with Crippen LogP contribution in [0.25, 0.3) is 11.0 Å². The standard InChI is InChI=1S/C24H26N2O4/c1-17-13-24(28)30-22-14-19(9-10-20(17)22)29-16-23(27)25-15-21(26-11-5-6-12-26)18-7-3-2-4-8-18/h2-4,7-10,13-14,21H,5-6,11-12,15-16H2,1H3,(H,25,27)/p+1/t21-/m1/s1. The molecular formula is C24H27N2O4+. The third kappa shape index (κ3) is 4.71. The Morgan fingerprint density at radius 1 is 1.13 bits per heavy atom. The molecule has 4 rings (SSSR count). The van der Waals surface area contributed by atoms with Gasteiger partial charge in [0.05, 0.1) is 19.6 Å². The van der Waals surface area contributed by atoms with Gasteiger partial charge < -0.3 is 19.4 Å². The molecule has 0 spiro atoms. The number of ether oxygens (including phenoxy) is 1. The minimum atomic E-state index is -0.397. The Morgan fingerprint density at radius 2 is 1.90 bits per heavy atom. The van der Waals surface area contributed by atoms with Gasteiger partial charge in [-0.2, -0.15) is 0 Å². The maximum atomic E-state index is 12.4. The van der Waals surface area contributed by atoms with Crippen molar-refractivity contribution in [1.29, 1.82) is 0 Å². The van der Waals surface area contributed by atoms with E-state index in [1.165, 1.54) is 29.4 Å². The lowest BCUT2D eigenvalue weighted by Gasteiger charge is -2.25. The monoisotopic (exact) mass is 407 g/mol. The molecule has 0 unspecified atom stereocenters. The number of benzene rings is 2. The van der Waals surface area contributed by atoms with Crippen LogP contribution in [0, 0.1) is 6.92 Å². The lowest BCUT2D eigenvalue weighted by molar-refractivity contribution is -0.918. The van der Waals surface area contributed by atoms with Crippen LogP contribution in [0.2, 0.25) is 0 Å². The van der Waals surface area contributed by atoms with E-state index in [9.17, 15) is 9.59 Å². The number of carbonyl (C=O) groups is 1. The summed E-state index contributed by atoms with van der Waals surface area (Å²) in [5.41, 5.74) is 2.16. The topological polar surface area (TPSA) is 73.0 Å². The molecule has 2 N–H and O–H groups in total. The van der Waals surface area contributed by atoms with Crippen molar-refractivity contribution in [3.63, 3.8) is 0 Å². The third-order valence-electron chi connectivity index (χ3n) is 5.74. The molecule has 0 radical (unpaired) electrons. The smallest absolute Gasteiger partial charge is 0.336 e. The van der Waals surface area contributed by atoms with Gasteiger partial charge in [0.15, 0.2) is 6.61 Å². The number of quaternary nitrogens is 1. The first kappa shape index (κ1) is 20.2. The number of nitrogens with one attached hydrogen (secondary N) is 2. The molecule has 1 aromatic heterocycles. The number of fused-ring (bicyclic) bond motifs is 1. The zero-order valence-corrected chi connectivity index (χ0v) is 17.1. The highest BCUT2D eigenvalue weighted by Gasteiger charge is 2.27. The van der Waals surface area contributed by atoms with E-state index in [4.69, 9.17) is 9.15 Å². The Labute approximate surface area is 175 Å². The SMILES string of the molecule is Cc1cc(=O)oc2cc(OCC(=O)NC[C@H](c3ccccc3)[NH+]3CCCC3)ccc12. The van der Waals surface area contributed by atoms with Crippen molar-refractivity contribution in [2.24, 2.45) is 0 Å². The summed E-state index contributed by atoms with van der Waals surface area (Å²) in [5, 5.41) is 3.88. The predicted molar refractivity (Wildman–Crippen MR) is 115 cm³/mol. The summed E-state index contributed by atoms with van der Waals surface area (Å²) in [4.78, 5) is 25.5. The molecule has 0 bridgehead atoms. The molecule has 0 aliphatic carbocycles. The van der Waals surface area contributed by atoms with Crippen LogP contribution in [0.4, 0.5) is 0 Å². The Balaban J connectivity index is 1.37. The Kier molecular flexibility index (Phi) is 6.14. The van der Waals surface area contributed by atoms with E-state index in [1.807, 2.05) is 31.2 Å². The maximum absolute atomic E-state index is 12.4. The first-order valence-corrected chi connectivity index (χ1v) is 10.4. The van der Waals surface area contributed by atoms with Crippen LogP contribution in [0.5, 0.6) is 5.75 Å². The minimum Gasteiger partial charge on any atom is -0.484 e. The molecule has 1 saturated heterocycles. The molecule has 1 aliphatic heterocycles. The number of aryl methyl sites for hydroxylation is 1. The quantitative estimate of drug-likeness (QED) is 0.588. The summed E-state index contributed by atoms with van der Waals surface area (Å²) in [6.45, 7) is 4.62. The van der Waals surface area contributed by atoms with Crippen LogP contribution in [0.3, 0.4) is 0 Å². The normalized spacial score (nSPS) is 15.2. The van der Waals surface area contributed by atoms with Crippen molar-refractivity contribution < 1.29 is 18.8 Å². The molecule has 3 aromatic rings. The van der Waals surface area contributed by atoms with Crippen molar-refractivity contribution in [2.45, 2.75) is 25.8 Å². The maximum Gasteiger partial charge on any atom is 0.336 e. The zero-order chi connectivity index (χ0) is 20.9. The average molecular weight is 407 g/mol. The molecule has 1 amide bonds. The van der Waals surface area contributed by atoms with Crippen LogP contribution in [0.1, 0.15) is 30.0 Å². The van der Waals surface area contributed by atoms with Gasteiger partial charge in [0, 0.05) is 35.9 Å². The molecule has 6 heteroatoms. The molecular weight excluding hydrogens is 380 g/mol. The fraction of sp³-hybridized carbons (Fsp3) is 0.333. The molecule has 156 valence electrons. The highest BCUT2D eigenvalue weighted by Crippen LogP contribution is 2.22. The molecule has 30 heavy (non-hydrogen) atoms. The summed E-state index contributed by atoms with van der Waals surface area (Å²) in [6.07, 6.45) is 2.46. The number of hydrogen-bond donors (Lipinski definition) is 2. The second kappa shape index (κ2) is 9.13. The molecule has 2 aromatic carbocycles.